The van der Waals surface area contributed by atoms with Gasteiger partial charge < -0.3 is 0 Å². The van der Waals surface area contributed by atoms with Crippen LogP contribution >= 0.6 is 15.9 Å². The van der Waals surface area contributed by atoms with Crippen LogP contribution in [0.15, 0.2) is 21.4 Å². The zero-order valence-electron chi connectivity index (χ0n) is 12.0. The molecule has 0 saturated heterocycles. The fourth-order valence-electron chi connectivity index (χ4n) is 2.15. The number of benzene rings is 1. The van der Waals surface area contributed by atoms with Gasteiger partial charge in [-0.2, -0.15) is 13.2 Å². The first kappa shape index (κ1) is 16.0. The molecule has 0 amide bonds. The van der Waals surface area contributed by atoms with Gasteiger partial charge in [-0.25, -0.2) is 4.98 Å². The third-order valence-corrected chi connectivity index (χ3v) is 4.15. The minimum atomic E-state index is -4.50. The summed E-state index contributed by atoms with van der Waals surface area (Å²) >= 11 is 3.27. The highest BCUT2D eigenvalue weighted by Gasteiger charge is 2.51. The lowest BCUT2D eigenvalue weighted by Gasteiger charge is -2.28. The largest absolute Gasteiger partial charge is 0.400 e. The highest BCUT2D eigenvalue weighted by molar-refractivity contribution is 9.10. The molecule has 0 saturated carbocycles. The SMILES string of the molecule is Cc1cc(Br)c2nc(C(C)(C)C(F)(F)F)n(C)c(=O)c2c1. The van der Waals surface area contributed by atoms with Gasteiger partial charge in [0.05, 0.1) is 10.9 Å². The number of aromatic nitrogens is 2. The monoisotopic (exact) mass is 362 g/mol. The number of alkyl halides is 3. The van der Waals surface area contributed by atoms with Gasteiger partial charge in [0.2, 0.25) is 0 Å². The van der Waals surface area contributed by atoms with Crippen LogP contribution in [-0.2, 0) is 12.5 Å². The minimum Gasteiger partial charge on any atom is -0.299 e. The van der Waals surface area contributed by atoms with Crippen molar-refractivity contribution >= 4 is 26.8 Å². The normalized spacial score (nSPS) is 13.0. The van der Waals surface area contributed by atoms with E-state index in [0.717, 1.165) is 24.0 Å². The predicted molar refractivity (Wildman–Crippen MR) is 78.5 cm³/mol. The molecule has 0 unspecified atom stereocenters. The lowest BCUT2D eigenvalue weighted by atomic mass is 9.91. The molecule has 0 spiro atoms. The molecular formula is C14H14BrF3N2O. The van der Waals surface area contributed by atoms with Crippen molar-refractivity contribution in [3.8, 4) is 0 Å². The minimum absolute atomic E-state index is 0.246. The topological polar surface area (TPSA) is 34.9 Å². The fourth-order valence-corrected chi connectivity index (χ4v) is 2.82. The van der Waals surface area contributed by atoms with Crippen LogP contribution in [0.5, 0.6) is 0 Å². The average molecular weight is 363 g/mol. The molecule has 7 heteroatoms. The quantitative estimate of drug-likeness (QED) is 0.772. The smallest absolute Gasteiger partial charge is 0.299 e. The van der Waals surface area contributed by atoms with Crippen LogP contribution < -0.4 is 5.56 Å². The number of hydrogen-bond acceptors (Lipinski definition) is 2. The summed E-state index contributed by atoms with van der Waals surface area (Å²) in [5.74, 6) is -0.308. The van der Waals surface area contributed by atoms with Gasteiger partial charge in [0.15, 0.2) is 0 Å². The van der Waals surface area contributed by atoms with E-state index in [2.05, 4.69) is 20.9 Å². The Morgan fingerprint density at radius 3 is 2.33 bits per heavy atom. The zero-order chi connectivity index (χ0) is 16.2. The van der Waals surface area contributed by atoms with Crippen LogP contribution in [0.1, 0.15) is 25.2 Å². The first-order valence-electron chi connectivity index (χ1n) is 6.21. The second kappa shape index (κ2) is 4.83. The summed E-state index contributed by atoms with van der Waals surface area (Å²) in [6, 6.07) is 3.35. The molecule has 0 fully saturated rings. The molecule has 3 nitrogen and oxygen atoms in total. The highest BCUT2D eigenvalue weighted by Crippen LogP contribution is 2.39. The second-order valence-corrected chi connectivity index (χ2v) is 6.42. The number of fused-ring (bicyclic) bond motifs is 1. The van der Waals surface area contributed by atoms with Gasteiger partial charge in [0, 0.05) is 11.5 Å². The van der Waals surface area contributed by atoms with Gasteiger partial charge in [0.1, 0.15) is 11.2 Å². The first-order valence-corrected chi connectivity index (χ1v) is 7.00. The van der Waals surface area contributed by atoms with E-state index in [0.29, 0.717) is 9.86 Å². The van der Waals surface area contributed by atoms with E-state index >= 15 is 0 Å². The highest BCUT2D eigenvalue weighted by atomic mass is 79.9. The van der Waals surface area contributed by atoms with E-state index in [9.17, 15) is 18.0 Å². The lowest BCUT2D eigenvalue weighted by Crippen LogP contribution is -2.42. The molecule has 0 aliphatic heterocycles. The molecule has 0 aliphatic carbocycles. The standard InChI is InChI=1S/C14H14BrF3N2O/c1-7-5-8-10(9(15)6-7)19-12(20(4)11(8)21)13(2,3)14(16,17)18/h5-6H,1-4H3. The fraction of sp³-hybridized carbons (Fsp3) is 0.429. The van der Waals surface area contributed by atoms with Crippen LogP contribution in [0.3, 0.4) is 0 Å². The van der Waals surface area contributed by atoms with Crippen LogP contribution in [-0.4, -0.2) is 15.7 Å². The summed E-state index contributed by atoms with van der Waals surface area (Å²) < 4.78 is 41.2. The van der Waals surface area contributed by atoms with Crippen molar-refractivity contribution in [2.75, 3.05) is 0 Å². The van der Waals surface area contributed by atoms with Gasteiger partial charge in [-0.3, -0.25) is 9.36 Å². The predicted octanol–water partition coefficient (Wildman–Crippen LogP) is 3.84. The number of aryl methyl sites for hydroxylation is 1. The van der Waals surface area contributed by atoms with E-state index in [4.69, 9.17) is 0 Å². The van der Waals surface area contributed by atoms with Crippen LogP contribution in [0, 0.1) is 6.92 Å². The molecule has 0 aliphatic rings. The second-order valence-electron chi connectivity index (χ2n) is 5.57. The van der Waals surface area contributed by atoms with Gasteiger partial charge in [-0.15, -0.1) is 0 Å². The molecule has 0 bridgehead atoms. The molecule has 1 heterocycles. The van der Waals surface area contributed by atoms with Crippen molar-refractivity contribution < 1.29 is 13.2 Å². The van der Waals surface area contributed by atoms with E-state index in [1.54, 1.807) is 19.1 Å². The van der Waals surface area contributed by atoms with Crippen LogP contribution in [0.25, 0.3) is 10.9 Å². The van der Waals surface area contributed by atoms with Crippen molar-refractivity contribution in [1.29, 1.82) is 0 Å². The Morgan fingerprint density at radius 2 is 1.81 bits per heavy atom. The molecular weight excluding hydrogens is 349 g/mol. The Labute approximate surface area is 127 Å². The average Bonchev–Trinajstić information content (AvgIpc) is 2.32. The summed E-state index contributed by atoms with van der Waals surface area (Å²) in [4.78, 5) is 16.5. The molecule has 1 aromatic carbocycles. The van der Waals surface area contributed by atoms with E-state index in [1.165, 1.54) is 7.05 Å². The Bertz CT molecular complexity index is 778. The summed E-state index contributed by atoms with van der Waals surface area (Å²) in [7, 11) is 1.31. The molecule has 1 aromatic heterocycles. The molecule has 114 valence electrons. The zero-order valence-corrected chi connectivity index (χ0v) is 13.6. The van der Waals surface area contributed by atoms with Gasteiger partial charge >= 0.3 is 6.18 Å². The van der Waals surface area contributed by atoms with Crippen LogP contribution in [0.2, 0.25) is 0 Å². The van der Waals surface area contributed by atoms with E-state index in [1.807, 2.05) is 0 Å². The van der Waals surface area contributed by atoms with Gasteiger partial charge in [-0.1, -0.05) is 0 Å². The van der Waals surface area contributed by atoms with Crippen molar-refractivity contribution in [2.24, 2.45) is 7.05 Å². The van der Waals surface area contributed by atoms with E-state index in [-0.39, 0.29) is 11.3 Å². The molecule has 0 atom stereocenters. The van der Waals surface area contributed by atoms with Gasteiger partial charge in [-0.05, 0) is 54.4 Å². The maximum atomic E-state index is 13.2. The van der Waals surface area contributed by atoms with Crippen molar-refractivity contribution in [1.82, 2.24) is 9.55 Å². The summed E-state index contributed by atoms with van der Waals surface area (Å²) in [5.41, 5.74) is -1.64. The molecule has 2 rings (SSSR count). The Morgan fingerprint density at radius 1 is 1.24 bits per heavy atom. The first-order chi connectivity index (χ1) is 9.46. The third kappa shape index (κ3) is 2.47. The number of hydrogen-bond donors (Lipinski definition) is 0. The number of rotatable bonds is 1. The maximum Gasteiger partial charge on any atom is 0.400 e. The number of halogens is 4. The van der Waals surface area contributed by atoms with Crippen molar-refractivity contribution in [3.63, 3.8) is 0 Å². The van der Waals surface area contributed by atoms with Crippen molar-refractivity contribution in [3.05, 3.63) is 38.3 Å². The summed E-state index contributed by atoms with van der Waals surface area (Å²) in [6.45, 7) is 3.84. The Kier molecular flexibility index (Phi) is 3.68. The molecule has 0 N–H and O–H groups in total. The Balaban J connectivity index is 2.92. The summed E-state index contributed by atoms with van der Waals surface area (Å²) in [5, 5.41) is 0.297. The molecule has 0 radical (unpaired) electrons. The summed E-state index contributed by atoms with van der Waals surface area (Å²) in [6.07, 6.45) is -4.50. The van der Waals surface area contributed by atoms with Crippen LogP contribution in [0.4, 0.5) is 13.2 Å². The molecule has 21 heavy (non-hydrogen) atoms. The third-order valence-electron chi connectivity index (χ3n) is 3.55. The number of nitrogens with zero attached hydrogens (tertiary/aromatic N) is 2. The van der Waals surface area contributed by atoms with Gasteiger partial charge in [0.25, 0.3) is 5.56 Å². The maximum absolute atomic E-state index is 13.2. The van der Waals surface area contributed by atoms with Crippen molar-refractivity contribution in [2.45, 2.75) is 32.4 Å². The molecule has 2 aromatic rings. The lowest BCUT2D eigenvalue weighted by molar-refractivity contribution is -0.183. The Hall–Kier alpha value is -1.37. The van der Waals surface area contributed by atoms with E-state index < -0.39 is 17.2 Å².